The third kappa shape index (κ3) is 2.82. The first-order valence-electron chi connectivity index (χ1n) is 8.43. The van der Waals surface area contributed by atoms with Gasteiger partial charge in [-0.25, -0.2) is 9.79 Å². The Morgan fingerprint density at radius 2 is 2.00 bits per heavy atom. The topological polar surface area (TPSA) is 76.5 Å². The van der Waals surface area contributed by atoms with Crippen molar-refractivity contribution >= 4 is 18.3 Å². The maximum absolute atomic E-state index is 13.0. The highest BCUT2D eigenvalue weighted by Gasteiger charge is 2.59. The van der Waals surface area contributed by atoms with Gasteiger partial charge in [-0.1, -0.05) is 13.8 Å². The lowest BCUT2D eigenvalue weighted by atomic mass is 9.87. The van der Waals surface area contributed by atoms with E-state index >= 15 is 0 Å². The number of aliphatic hydroxyl groups is 1. The van der Waals surface area contributed by atoms with Crippen molar-refractivity contribution in [2.45, 2.75) is 63.8 Å². The predicted molar refractivity (Wildman–Crippen MR) is 88.1 cm³/mol. The van der Waals surface area contributed by atoms with Gasteiger partial charge in [0.1, 0.15) is 0 Å². The van der Waals surface area contributed by atoms with Crippen LogP contribution in [0.15, 0.2) is 4.99 Å². The molecule has 2 rings (SSSR count). The molecular formula is C16H28N4O3. The summed E-state index contributed by atoms with van der Waals surface area (Å²) in [6, 6.07) is -0.285. The molecule has 2 aliphatic rings. The molecule has 1 fully saturated rings. The number of unbranched alkanes of at least 4 members (excludes halogenated alkanes) is 1. The van der Waals surface area contributed by atoms with E-state index in [9.17, 15) is 14.7 Å². The fourth-order valence-corrected chi connectivity index (χ4v) is 3.50. The van der Waals surface area contributed by atoms with Crippen LogP contribution in [0.4, 0.5) is 4.79 Å². The largest absolute Gasteiger partial charge is 0.393 e. The highest BCUT2D eigenvalue weighted by atomic mass is 16.3. The van der Waals surface area contributed by atoms with Crippen LogP contribution < -0.4 is 0 Å². The Kier molecular flexibility index (Phi) is 5.29. The zero-order chi connectivity index (χ0) is 17.2. The number of aliphatic imine (C=N–C) groups is 1. The van der Waals surface area contributed by atoms with E-state index in [2.05, 4.69) is 4.99 Å². The van der Waals surface area contributed by atoms with Gasteiger partial charge in [-0.2, -0.15) is 0 Å². The molecule has 3 amide bonds. The lowest BCUT2D eigenvalue weighted by Gasteiger charge is -2.48. The average molecular weight is 324 g/mol. The normalized spacial score (nSPS) is 28.6. The van der Waals surface area contributed by atoms with Crippen LogP contribution in [0, 0.1) is 0 Å². The van der Waals surface area contributed by atoms with Crippen LogP contribution in [-0.2, 0) is 4.79 Å². The first-order chi connectivity index (χ1) is 10.9. The second-order valence-electron chi connectivity index (χ2n) is 6.44. The van der Waals surface area contributed by atoms with Gasteiger partial charge < -0.3 is 14.9 Å². The van der Waals surface area contributed by atoms with Crippen molar-refractivity contribution < 1.29 is 14.7 Å². The van der Waals surface area contributed by atoms with Crippen molar-refractivity contribution in [2.75, 3.05) is 20.6 Å². The van der Waals surface area contributed by atoms with E-state index in [0.717, 1.165) is 12.8 Å². The molecule has 1 saturated heterocycles. The highest BCUT2D eigenvalue weighted by molar-refractivity contribution is 6.04. The highest BCUT2D eigenvalue weighted by Crippen LogP contribution is 2.36. The number of aliphatic hydroxyl groups excluding tert-OH is 1. The Balaban J connectivity index is 2.08. The summed E-state index contributed by atoms with van der Waals surface area (Å²) in [5, 5.41) is 9.60. The number of rotatable bonds is 7. The van der Waals surface area contributed by atoms with Crippen LogP contribution in [0.1, 0.15) is 46.0 Å². The molecular weight excluding hydrogens is 296 g/mol. The zero-order valence-electron chi connectivity index (χ0n) is 14.5. The standard InChI is InChI=1S/C16H28N4O3/c1-5-12(21)9-7-8-10-20-14(22)16(6-2)13(17-11-18(16)3)19(4)15(20)23/h11-13,21H,5-10H2,1-4H3. The summed E-state index contributed by atoms with van der Waals surface area (Å²) in [4.78, 5) is 34.6. The summed E-state index contributed by atoms with van der Waals surface area (Å²) in [6.07, 6.45) is 4.43. The van der Waals surface area contributed by atoms with E-state index in [1.165, 1.54) is 4.90 Å². The Hall–Kier alpha value is -1.63. The van der Waals surface area contributed by atoms with Gasteiger partial charge in [0.05, 0.1) is 12.4 Å². The van der Waals surface area contributed by atoms with Gasteiger partial charge in [0, 0.05) is 20.6 Å². The van der Waals surface area contributed by atoms with Crippen molar-refractivity contribution in [1.82, 2.24) is 14.7 Å². The van der Waals surface area contributed by atoms with Gasteiger partial charge in [-0.05, 0) is 32.1 Å². The van der Waals surface area contributed by atoms with Crippen LogP contribution in [0.5, 0.6) is 0 Å². The van der Waals surface area contributed by atoms with Crippen LogP contribution in [0.25, 0.3) is 0 Å². The molecule has 130 valence electrons. The third-order valence-electron chi connectivity index (χ3n) is 5.13. The number of nitrogens with zero attached hydrogens (tertiary/aromatic N) is 4. The lowest BCUT2D eigenvalue weighted by molar-refractivity contribution is -0.146. The molecule has 7 nitrogen and oxygen atoms in total. The van der Waals surface area contributed by atoms with Crippen molar-refractivity contribution in [2.24, 2.45) is 4.99 Å². The van der Waals surface area contributed by atoms with Gasteiger partial charge in [-0.3, -0.25) is 9.69 Å². The molecule has 1 N–H and O–H groups in total. The fraction of sp³-hybridized carbons (Fsp3) is 0.812. The van der Waals surface area contributed by atoms with Gasteiger partial charge in [-0.15, -0.1) is 0 Å². The SMILES string of the molecule is CCC(O)CCCCN1C(=O)N(C)C2N=CN(C)C2(CC)C1=O. The molecule has 0 spiro atoms. The molecule has 0 radical (unpaired) electrons. The summed E-state index contributed by atoms with van der Waals surface area (Å²) < 4.78 is 0. The van der Waals surface area contributed by atoms with Gasteiger partial charge in [0.25, 0.3) is 5.91 Å². The number of urea groups is 1. The maximum Gasteiger partial charge on any atom is 0.328 e. The van der Waals surface area contributed by atoms with Gasteiger partial charge in [0.2, 0.25) is 0 Å². The number of amides is 3. The molecule has 3 unspecified atom stereocenters. The molecule has 0 aliphatic carbocycles. The van der Waals surface area contributed by atoms with E-state index in [0.29, 0.717) is 25.8 Å². The van der Waals surface area contributed by atoms with Crippen LogP contribution in [0.3, 0.4) is 0 Å². The number of carbonyl (C=O) groups excluding carboxylic acids is 2. The summed E-state index contributed by atoms with van der Waals surface area (Å²) in [5.41, 5.74) is -0.786. The Labute approximate surface area is 137 Å². The second-order valence-corrected chi connectivity index (χ2v) is 6.44. The van der Waals surface area contributed by atoms with E-state index in [1.807, 2.05) is 25.8 Å². The molecule has 0 aromatic rings. The van der Waals surface area contributed by atoms with Crippen molar-refractivity contribution in [3.8, 4) is 0 Å². The quantitative estimate of drug-likeness (QED) is 0.716. The maximum atomic E-state index is 13.0. The molecule has 2 heterocycles. The number of fused-ring (bicyclic) bond motifs is 1. The molecule has 23 heavy (non-hydrogen) atoms. The fourth-order valence-electron chi connectivity index (χ4n) is 3.50. The molecule has 0 saturated carbocycles. The summed E-state index contributed by atoms with van der Waals surface area (Å²) in [7, 11) is 3.54. The summed E-state index contributed by atoms with van der Waals surface area (Å²) in [6.45, 7) is 4.29. The molecule has 0 aromatic carbocycles. The Morgan fingerprint density at radius 3 is 2.61 bits per heavy atom. The number of carbonyl (C=O) groups is 2. The minimum Gasteiger partial charge on any atom is -0.393 e. The van der Waals surface area contributed by atoms with Crippen LogP contribution in [0.2, 0.25) is 0 Å². The van der Waals surface area contributed by atoms with E-state index < -0.39 is 11.7 Å². The van der Waals surface area contributed by atoms with Crippen molar-refractivity contribution in [3.63, 3.8) is 0 Å². The predicted octanol–water partition coefficient (Wildman–Crippen LogP) is 1.27. The Bertz CT molecular complexity index is 496. The van der Waals surface area contributed by atoms with E-state index in [1.54, 1.807) is 18.3 Å². The molecule has 2 aliphatic heterocycles. The summed E-state index contributed by atoms with van der Waals surface area (Å²) in [5.74, 6) is -0.163. The van der Waals surface area contributed by atoms with E-state index in [-0.39, 0.29) is 18.0 Å². The zero-order valence-corrected chi connectivity index (χ0v) is 14.5. The van der Waals surface area contributed by atoms with Crippen molar-refractivity contribution in [3.05, 3.63) is 0 Å². The number of hydrogen-bond acceptors (Lipinski definition) is 5. The van der Waals surface area contributed by atoms with Crippen LogP contribution >= 0.6 is 0 Å². The van der Waals surface area contributed by atoms with E-state index in [4.69, 9.17) is 0 Å². The molecule has 0 aromatic heterocycles. The first-order valence-corrected chi connectivity index (χ1v) is 8.43. The molecule has 7 heteroatoms. The van der Waals surface area contributed by atoms with Crippen LogP contribution in [-0.4, -0.2) is 76.5 Å². The second kappa shape index (κ2) is 6.86. The third-order valence-corrected chi connectivity index (χ3v) is 5.13. The summed E-state index contributed by atoms with van der Waals surface area (Å²) >= 11 is 0. The van der Waals surface area contributed by atoms with Gasteiger partial charge >= 0.3 is 6.03 Å². The monoisotopic (exact) mass is 324 g/mol. The number of likely N-dealkylation sites (N-methyl/N-ethyl adjacent to an activating group) is 2. The lowest BCUT2D eigenvalue weighted by Crippen LogP contribution is -2.72. The number of imide groups is 1. The Morgan fingerprint density at radius 1 is 1.30 bits per heavy atom. The smallest absolute Gasteiger partial charge is 0.328 e. The first kappa shape index (κ1) is 17.7. The van der Waals surface area contributed by atoms with Gasteiger partial charge in [0.15, 0.2) is 11.7 Å². The molecule has 3 atom stereocenters. The average Bonchev–Trinajstić information content (AvgIpc) is 2.89. The minimum absolute atomic E-state index is 0.163. The van der Waals surface area contributed by atoms with Crippen molar-refractivity contribution in [1.29, 1.82) is 0 Å². The molecule has 0 bridgehead atoms. The number of hydrogen-bond donors (Lipinski definition) is 1. The minimum atomic E-state index is -0.786.